The molecular weight excluding hydrogens is 300 g/mol. The maximum Gasteiger partial charge on any atom is 0.243 e. The molecule has 1 saturated heterocycles. The van der Waals surface area contributed by atoms with Crippen LogP contribution >= 0.6 is 0 Å². The van der Waals surface area contributed by atoms with Crippen LogP contribution in [-0.2, 0) is 20.2 Å². The van der Waals surface area contributed by atoms with Crippen LogP contribution in [0.4, 0.5) is 5.69 Å². The van der Waals surface area contributed by atoms with Gasteiger partial charge in [-0.3, -0.25) is 4.79 Å². The predicted molar refractivity (Wildman–Crippen MR) is 85.5 cm³/mol. The Morgan fingerprint density at radius 2 is 1.73 bits per heavy atom. The zero-order valence-corrected chi connectivity index (χ0v) is 14.1. The number of benzene rings is 1. The summed E-state index contributed by atoms with van der Waals surface area (Å²) >= 11 is 0. The molecule has 120 valence electrons. The molecule has 1 fully saturated rings. The predicted octanol–water partition coefficient (Wildman–Crippen LogP) is 2.12. The molecule has 22 heavy (non-hydrogen) atoms. The van der Waals surface area contributed by atoms with Gasteiger partial charge in [0.25, 0.3) is 0 Å². The van der Waals surface area contributed by atoms with E-state index in [0.717, 1.165) is 30.5 Å². The summed E-state index contributed by atoms with van der Waals surface area (Å²) in [5, 5.41) is 0. The number of carbonyl (C=O) groups excluding carboxylic acids is 1. The largest absolute Gasteiger partial charge is 0.314 e. The number of fused-ring (bicyclic) bond motifs is 1. The molecule has 0 unspecified atom stereocenters. The molecule has 1 aromatic rings. The average Bonchev–Trinajstić information content (AvgIpc) is 2.69. The number of piperidine rings is 1. The van der Waals surface area contributed by atoms with E-state index in [-0.39, 0.29) is 5.91 Å². The molecule has 1 amide bonds. The van der Waals surface area contributed by atoms with E-state index in [1.807, 2.05) is 13.8 Å². The number of carbonyl (C=O) groups is 1. The Labute approximate surface area is 132 Å². The fourth-order valence-corrected chi connectivity index (χ4v) is 4.91. The number of rotatable bonds is 2. The van der Waals surface area contributed by atoms with Crippen LogP contribution in [0.5, 0.6) is 0 Å². The summed E-state index contributed by atoms with van der Waals surface area (Å²) < 4.78 is 27.1. The normalized spacial score (nSPS) is 22.0. The van der Waals surface area contributed by atoms with Crippen LogP contribution < -0.4 is 4.90 Å². The van der Waals surface area contributed by atoms with E-state index >= 15 is 0 Å². The van der Waals surface area contributed by atoms with Gasteiger partial charge in [-0.1, -0.05) is 6.42 Å². The van der Waals surface area contributed by atoms with Gasteiger partial charge in [0.05, 0.1) is 10.3 Å². The molecule has 1 aromatic carbocycles. The lowest BCUT2D eigenvalue weighted by Gasteiger charge is -2.26. The molecule has 6 heteroatoms. The van der Waals surface area contributed by atoms with Crippen LogP contribution in [-0.4, -0.2) is 38.8 Å². The van der Waals surface area contributed by atoms with Crippen LogP contribution in [0, 0.1) is 0 Å². The SMILES string of the molecule is CN1C(=O)C(C)(C)c2cc(S(=O)(=O)N3CCCCC3)ccc21. The third-order valence-corrected chi connectivity index (χ3v) is 6.69. The van der Waals surface area contributed by atoms with Crippen molar-refractivity contribution in [2.24, 2.45) is 0 Å². The first-order chi connectivity index (χ1) is 10.3. The van der Waals surface area contributed by atoms with Crippen molar-refractivity contribution in [2.75, 3.05) is 25.0 Å². The molecule has 0 saturated carbocycles. The Bertz CT molecular complexity index is 719. The topological polar surface area (TPSA) is 57.7 Å². The Balaban J connectivity index is 2.05. The molecule has 0 N–H and O–H groups in total. The van der Waals surface area contributed by atoms with Gasteiger partial charge in [-0.25, -0.2) is 8.42 Å². The van der Waals surface area contributed by atoms with Gasteiger partial charge in [0.2, 0.25) is 15.9 Å². The number of hydrogen-bond acceptors (Lipinski definition) is 3. The summed E-state index contributed by atoms with van der Waals surface area (Å²) in [5.41, 5.74) is 0.906. The van der Waals surface area contributed by atoms with E-state index in [4.69, 9.17) is 0 Å². The minimum absolute atomic E-state index is 0.00461. The van der Waals surface area contributed by atoms with E-state index in [1.165, 1.54) is 0 Å². The first-order valence-electron chi connectivity index (χ1n) is 7.69. The molecule has 0 bridgehead atoms. The fourth-order valence-electron chi connectivity index (χ4n) is 3.37. The second-order valence-corrected chi connectivity index (χ2v) is 8.57. The third-order valence-electron chi connectivity index (χ3n) is 4.79. The number of nitrogens with zero attached hydrogens (tertiary/aromatic N) is 2. The third kappa shape index (κ3) is 2.16. The molecule has 0 radical (unpaired) electrons. The average molecular weight is 322 g/mol. The second-order valence-electron chi connectivity index (χ2n) is 6.63. The van der Waals surface area contributed by atoms with Gasteiger partial charge in [-0.2, -0.15) is 4.31 Å². The van der Waals surface area contributed by atoms with E-state index < -0.39 is 15.4 Å². The number of likely N-dealkylation sites (N-methyl/N-ethyl adjacent to an activating group) is 1. The zero-order chi connectivity index (χ0) is 16.1. The van der Waals surface area contributed by atoms with Crippen molar-refractivity contribution in [3.63, 3.8) is 0 Å². The zero-order valence-electron chi connectivity index (χ0n) is 13.3. The van der Waals surface area contributed by atoms with Gasteiger partial charge >= 0.3 is 0 Å². The number of hydrogen-bond donors (Lipinski definition) is 0. The van der Waals surface area contributed by atoms with E-state index in [1.54, 1.807) is 34.5 Å². The summed E-state index contributed by atoms with van der Waals surface area (Å²) in [6.07, 6.45) is 2.91. The molecule has 0 aliphatic carbocycles. The first-order valence-corrected chi connectivity index (χ1v) is 9.13. The summed E-state index contributed by atoms with van der Waals surface area (Å²) in [6, 6.07) is 5.05. The molecule has 0 spiro atoms. The molecular formula is C16H22N2O3S. The standard InChI is InChI=1S/C16H22N2O3S/c1-16(2)13-11-12(7-8-14(13)17(3)15(16)19)22(20,21)18-9-5-4-6-10-18/h7-8,11H,4-6,9-10H2,1-3H3. The maximum atomic E-state index is 12.8. The Kier molecular flexibility index (Phi) is 3.57. The highest BCUT2D eigenvalue weighted by molar-refractivity contribution is 7.89. The number of sulfonamides is 1. The quantitative estimate of drug-likeness (QED) is 0.838. The van der Waals surface area contributed by atoms with Crippen LogP contribution in [0.2, 0.25) is 0 Å². The molecule has 2 aliphatic rings. The van der Waals surface area contributed by atoms with Crippen molar-refractivity contribution in [1.82, 2.24) is 4.31 Å². The van der Waals surface area contributed by atoms with Crippen LogP contribution in [0.15, 0.2) is 23.1 Å². The smallest absolute Gasteiger partial charge is 0.243 e. The Hall–Kier alpha value is -1.40. The highest BCUT2D eigenvalue weighted by Crippen LogP contribution is 2.42. The van der Waals surface area contributed by atoms with Crippen molar-refractivity contribution in [2.45, 2.75) is 43.4 Å². The van der Waals surface area contributed by atoms with E-state index in [2.05, 4.69) is 0 Å². The summed E-state index contributed by atoms with van der Waals surface area (Å²) in [4.78, 5) is 14.2. The minimum atomic E-state index is -3.47. The van der Waals surface area contributed by atoms with Gasteiger partial charge in [0.15, 0.2) is 0 Å². The Morgan fingerprint density at radius 3 is 2.36 bits per heavy atom. The van der Waals surface area contributed by atoms with E-state index in [0.29, 0.717) is 18.0 Å². The lowest BCUT2D eigenvalue weighted by Crippen LogP contribution is -2.35. The molecule has 3 rings (SSSR count). The highest BCUT2D eigenvalue weighted by atomic mass is 32.2. The van der Waals surface area contributed by atoms with Gasteiger partial charge in [-0.15, -0.1) is 0 Å². The monoisotopic (exact) mass is 322 g/mol. The summed E-state index contributed by atoms with van der Waals surface area (Å²) in [5.74, 6) is -0.00461. The molecule has 2 aliphatic heterocycles. The van der Waals surface area contributed by atoms with Crippen molar-refractivity contribution >= 4 is 21.6 Å². The Morgan fingerprint density at radius 1 is 1.09 bits per heavy atom. The summed E-state index contributed by atoms with van der Waals surface area (Å²) in [7, 11) is -1.73. The van der Waals surface area contributed by atoms with Crippen LogP contribution in [0.25, 0.3) is 0 Å². The molecule has 5 nitrogen and oxygen atoms in total. The van der Waals surface area contributed by atoms with Crippen molar-refractivity contribution in [3.8, 4) is 0 Å². The number of anilines is 1. The number of amides is 1. The van der Waals surface area contributed by atoms with E-state index in [9.17, 15) is 13.2 Å². The highest BCUT2D eigenvalue weighted by Gasteiger charge is 2.43. The van der Waals surface area contributed by atoms with Gasteiger partial charge in [0.1, 0.15) is 0 Å². The first kappa shape index (κ1) is 15.5. The lowest BCUT2D eigenvalue weighted by molar-refractivity contribution is -0.121. The second kappa shape index (κ2) is 5.06. The molecule has 0 atom stereocenters. The maximum absolute atomic E-state index is 12.8. The van der Waals surface area contributed by atoms with Gasteiger partial charge in [0, 0.05) is 25.8 Å². The lowest BCUT2D eigenvalue weighted by atomic mass is 9.86. The van der Waals surface area contributed by atoms with Crippen molar-refractivity contribution < 1.29 is 13.2 Å². The van der Waals surface area contributed by atoms with Gasteiger partial charge < -0.3 is 4.90 Å². The molecule has 2 heterocycles. The van der Waals surface area contributed by atoms with Crippen molar-refractivity contribution in [3.05, 3.63) is 23.8 Å². The summed E-state index contributed by atoms with van der Waals surface area (Å²) in [6.45, 7) is 4.85. The van der Waals surface area contributed by atoms with Crippen LogP contribution in [0.1, 0.15) is 38.7 Å². The minimum Gasteiger partial charge on any atom is -0.314 e. The molecule has 0 aromatic heterocycles. The fraction of sp³-hybridized carbons (Fsp3) is 0.562. The van der Waals surface area contributed by atoms with Crippen molar-refractivity contribution in [1.29, 1.82) is 0 Å². The van der Waals surface area contributed by atoms with Gasteiger partial charge in [-0.05, 0) is 50.5 Å². The van der Waals surface area contributed by atoms with Crippen LogP contribution in [0.3, 0.4) is 0 Å².